The molecule has 1 rings (SSSR count). The number of ketones is 1. The lowest BCUT2D eigenvalue weighted by Crippen LogP contribution is -2.12. The van der Waals surface area contributed by atoms with Crippen LogP contribution in [-0.4, -0.2) is 16.8 Å². The van der Waals surface area contributed by atoms with Gasteiger partial charge in [-0.15, -0.1) is 0 Å². The highest BCUT2D eigenvalue weighted by atomic mass is 16.3. The third-order valence-electron chi connectivity index (χ3n) is 2.02. The number of amides is 1. The van der Waals surface area contributed by atoms with Crippen molar-refractivity contribution in [3.63, 3.8) is 0 Å². The minimum Gasteiger partial charge on any atom is -0.507 e. The maximum atomic E-state index is 11.3. The normalized spacial score (nSPS) is 9.62. The summed E-state index contributed by atoms with van der Waals surface area (Å²) in [6.45, 7) is 6.43. The molecular weight excluding hydrogens is 206 g/mol. The second-order valence-corrected chi connectivity index (χ2v) is 3.52. The minimum atomic E-state index is -0.319. The van der Waals surface area contributed by atoms with Gasteiger partial charge < -0.3 is 10.4 Å². The van der Waals surface area contributed by atoms with Crippen LogP contribution in [0.5, 0.6) is 5.75 Å². The molecule has 1 aromatic carbocycles. The highest BCUT2D eigenvalue weighted by Crippen LogP contribution is 2.22. The van der Waals surface area contributed by atoms with Crippen molar-refractivity contribution in [2.24, 2.45) is 0 Å². The van der Waals surface area contributed by atoms with Gasteiger partial charge in [0.15, 0.2) is 5.78 Å². The Morgan fingerprint density at radius 1 is 1.31 bits per heavy atom. The topological polar surface area (TPSA) is 66.4 Å². The Hall–Kier alpha value is -2.10. The van der Waals surface area contributed by atoms with Gasteiger partial charge in [0, 0.05) is 11.3 Å². The van der Waals surface area contributed by atoms with Gasteiger partial charge in [-0.05, 0) is 32.0 Å². The van der Waals surface area contributed by atoms with Crippen LogP contribution in [0.1, 0.15) is 24.2 Å². The van der Waals surface area contributed by atoms with E-state index in [-0.39, 0.29) is 23.0 Å². The fourth-order valence-corrected chi connectivity index (χ4v) is 1.13. The summed E-state index contributed by atoms with van der Waals surface area (Å²) < 4.78 is 0. The number of nitrogens with one attached hydrogen (secondary N) is 1. The zero-order chi connectivity index (χ0) is 12.3. The van der Waals surface area contributed by atoms with Gasteiger partial charge in [-0.25, -0.2) is 0 Å². The monoisotopic (exact) mass is 219 g/mol. The van der Waals surface area contributed by atoms with Gasteiger partial charge in [-0.1, -0.05) is 6.58 Å². The first-order valence-corrected chi connectivity index (χ1v) is 4.72. The standard InChI is InChI=1S/C12H13NO3/c1-7(2)12(16)13-9-4-5-11(15)10(6-9)8(3)14/h4-6,15H,1H2,2-3H3,(H,13,16). The van der Waals surface area contributed by atoms with Gasteiger partial charge in [0.05, 0.1) is 5.56 Å². The van der Waals surface area contributed by atoms with E-state index in [2.05, 4.69) is 11.9 Å². The number of aromatic hydroxyl groups is 1. The zero-order valence-electron chi connectivity index (χ0n) is 9.20. The molecule has 0 aliphatic heterocycles. The first kappa shape index (κ1) is 12.0. The lowest BCUT2D eigenvalue weighted by atomic mass is 10.1. The molecule has 84 valence electrons. The molecule has 0 radical (unpaired) electrons. The molecule has 0 atom stereocenters. The summed E-state index contributed by atoms with van der Waals surface area (Å²) in [5.74, 6) is -0.676. The van der Waals surface area contributed by atoms with E-state index < -0.39 is 0 Å². The average molecular weight is 219 g/mol. The average Bonchev–Trinajstić information content (AvgIpc) is 2.20. The Labute approximate surface area is 93.6 Å². The predicted octanol–water partition coefficient (Wildman–Crippen LogP) is 2.11. The van der Waals surface area contributed by atoms with E-state index in [1.807, 2.05) is 0 Å². The van der Waals surface area contributed by atoms with Crippen molar-refractivity contribution in [1.29, 1.82) is 0 Å². The SMILES string of the molecule is C=C(C)C(=O)Nc1ccc(O)c(C(C)=O)c1. The molecule has 0 aromatic heterocycles. The van der Waals surface area contributed by atoms with Crippen molar-refractivity contribution in [2.75, 3.05) is 5.32 Å². The molecular formula is C12H13NO3. The summed E-state index contributed by atoms with van der Waals surface area (Å²) >= 11 is 0. The van der Waals surface area contributed by atoms with E-state index in [1.165, 1.54) is 25.1 Å². The maximum absolute atomic E-state index is 11.3. The number of phenolic OH excluding ortho intramolecular Hbond substituents is 1. The maximum Gasteiger partial charge on any atom is 0.250 e. The van der Waals surface area contributed by atoms with Crippen molar-refractivity contribution < 1.29 is 14.7 Å². The molecule has 0 bridgehead atoms. The van der Waals surface area contributed by atoms with E-state index in [9.17, 15) is 14.7 Å². The Morgan fingerprint density at radius 3 is 2.44 bits per heavy atom. The first-order chi connectivity index (χ1) is 7.41. The largest absolute Gasteiger partial charge is 0.507 e. The second kappa shape index (κ2) is 4.61. The number of hydrogen-bond donors (Lipinski definition) is 2. The molecule has 0 aliphatic carbocycles. The van der Waals surface area contributed by atoms with Crippen LogP contribution in [0.25, 0.3) is 0 Å². The number of phenols is 1. The third-order valence-corrected chi connectivity index (χ3v) is 2.02. The summed E-state index contributed by atoms with van der Waals surface area (Å²) in [4.78, 5) is 22.5. The Morgan fingerprint density at radius 2 is 1.94 bits per heavy atom. The number of anilines is 1. The number of carbonyl (C=O) groups is 2. The quantitative estimate of drug-likeness (QED) is 0.465. The zero-order valence-corrected chi connectivity index (χ0v) is 9.20. The van der Waals surface area contributed by atoms with Gasteiger partial charge in [0.2, 0.25) is 0 Å². The van der Waals surface area contributed by atoms with Gasteiger partial charge >= 0.3 is 0 Å². The third kappa shape index (κ3) is 2.70. The van der Waals surface area contributed by atoms with Crippen molar-refractivity contribution >= 4 is 17.4 Å². The Kier molecular flexibility index (Phi) is 3.45. The van der Waals surface area contributed by atoms with Crippen molar-refractivity contribution in [2.45, 2.75) is 13.8 Å². The molecule has 1 amide bonds. The number of hydrogen-bond acceptors (Lipinski definition) is 3. The fourth-order valence-electron chi connectivity index (χ4n) is 1.13. The van der Waals surface area contributed by atoms with E-state index in [0.29, 0.717) is 11.3 Å². The molecule has 0 saturated heterocycles. The van der Waals surface area contributed by atoms with Gasteiger partial charge in [0.25, 0.3) is 5.91 Å². The lowest BCUT2D eigenvalue weighted by Gasteiger charge is -2.07. The molecule has 0 fully saturated rings. The molecule has 0 unspecified atom stereocenters. The number of benzene rings is 1. The van der Waals surface area contributed by atoms with Crippen LogP contribution < -0.4 is 5.32 Å². The van der Waals surface area contributed by atoms with Crippen LogP contribution >= 0.6 is 0 Å². The second-order valence-electron chi connectivity index (χ2n) is 3.52. The predicted molar refractivity (Wildman–Crippen MR) is 61.6 cm³/mol. The summed E-state index contributed by atoms with van der Waals surface area (Å²) in [5.41, 5.74) is 1.01. The van der Waals surface area contributed by atoms with Gasteiger partial charge in [-0.2, -0.15) is 0 Å². The van der Waals surface area contributed by atoms with Crippen molar-refractivity contribution in [3.05, 3.63) is 35.9 Å². The molecule has 4 heteroatoms. The summed E-state index contributed by atoms with van der Waals surface area (Å²) in [6.07, 6.45) is 0. The molecule has 4 nitrogen and oxygen atoms in total. The number of carbonyl (C=O) groups excluding carboxylic acids is 2. The van der Waals surface area contributed by atoms with Gasteiger partial charge in [-0.3, -0.25) is 9.59 Å². The van der Waals surface area contributed by atoms with Crippen LogP contribution in [0, 0.1) is 0 Å². The molecule has 0 saturated carbocycles. The van der Waals surface area contributed by atoms with Crippen LogP contribution in [-0.2, 0) is 4.79 Å². The first-order valence-electron chi connectivity index (χ1n) is 4.72. The molecule has 1 aromatic rings. The Bertz CT molecular complexity index is 463. The van der Waals surface area contributed by atoms with Gasteiger partial charge in [0.1, 0.15) is 5.75 Å². The van der Waals surface area contributed by atoms with E-state index in [4.69, 9.17) is 0 Å². The number of rotatable bonds is 3. The minimum absolute atomic E-state index is 0.0965. The number of Topliss-reactive ketones (excluding diaryl/α,β-unsaturated/α-hetero) is 1. The van der Waals surface area contributed by atoms with Crippen molar-refractivity contribution in [3.8, 4) is 5.75 Å². The summed E-state index contributed by atoms with van der Waals surface area (Å²) in [6, 6.07) is 4.31. The molecule has 16 heavy (non-hydrogen) atoms. The smallest absolute Gasteiger partial charge is 0.250 e. The summed E-state index contributed by atoms with van der Waals surface area (Å²) in [5, 5.41) is 12.0. The molecule has 2 N–H and O–H groups in total. The Balaban J connectivity index is 3.00. The van der Waals surface area contributed by atoms with Crippen molar-refractivity contribution in [1.82, 2.24) is 0 Å². The fraction of sp³-hybridized carbons (Fsp3) is 0.167. The highest BCUT2D eigenvalue weighted by molar-refractivity contribution is 6.04. The molecule has 0 heterocycles. The van der Waals surface area contributed by atoms with E-state index in [0.717, 1.165) is 0 Å². The van der Waals surface area contributed by atoms with E-state index in [1.54, 1.807) is 6.92 Å². The molecule has 0 spiro atoms. The van der Waals surface area contributed by atoms with Crippen LogP contribution in [0.4, 0.5) is 5.69 Å². The lowest BCUT2D eigenvalue weighted by molar-refractivity contribution is -0.112. The van der Waals surface area contributed by atoms with Crippen LogP contribution in [0.2, 0.25) is 0 Å². The van der Waals surface area contributed by atoms with Crippen LogP contribution in [0.15, 0.2) is 30.4 Å². The molecule has 0 aliphatic rings. The highest BCUT2D eigenvalue weighted by Gasteiger charge is 2.09. The summed E-state index contributed by atoms with van der Waals surface area (Å²) in [7, 11) is 0. The van der Waals surface area contributed by atoms with E-state index >= 15 is 0 Å². The van der Waals surface area contributed by atoms with Crippen LogP contribution in [0.3, 0.4) is 0 Å².